The van der Waals surface area contributed by atoms with Crippen LogP contribution in [0, 0.1) is 0 Å². The lowest BCUT2D eigenvalue weighted by molar-refractivity contribution is -0.169. The molecule has 3 aromatic heterocycles. The molecule has 216 valence electrons. The minimum Gasteiger partial charge on any atom is -0.355 e. The highest BCUT2D eigenvalue weighted by atomic mass is 35.5. The van der Waals surface area contributed by atoms with E-state index in [1.54, 1.807) is 18.2 Å². The van der Waals surface area contributed by atoms with Crippen molar-refractivity contribution in [1.82, 2.24) is 30.1 Å². The number of piperidine rings is 1. The Morgan fingerprint density at radius 1 is 1.18 bits per heavy atom. The first kappa shape index (κ1) is 28.6. The third kappa shape index (κ3) is 6.21. The first-order valence-electron chi connectivity index (χ1n) is 13.2. The normalized spacial score (nSPS) is 19.1. The van der Waals surface area contributed by atoms with Gasteiger partial charge in [0, 0.05) is 43.9 Å². The number of rotatable bonds is 7. The number of hydrogen-bond donors (Lipinski definition) is 1. The van der Waals surface area contributed by atoms with Gasteiger partial charge in [0.15, 0.2) is 11.5 Å². The second kappa shape index (κ2) is 11.5. The van der Waals surface area contributed by atoms with Gasteiger partial charge in [0.2, 0.25) is 0 Å². The molecule has 0 spiro atoms. The molecule has 5 heterocycles. The summed E-state index contributed by atoms with van der Waals surface area (Å²) in [5.41, 5.74) is 0.240. The molecule has 0 aromatic carbocycles. The van der Waals surface area contributed by atoms with Crippen LogP contribution in [0.5, 0.6) is 0 Å². The van der Waals surface area contributed by atoms with Gasteiger partial charge in [-0.3, -0.25) is 14.3 Å². The first-order valence-corrected chi connectivity index (χ1v) is 14.4. The van der Waals surface area contributed by atoms with Gasteiger partial charge in [0.05, 0.1) is 15.8 Å². The van der Waals surface area contributed by atoms with Crippen LogP contribution in [0.25, 0.3) is 10.6 Å². The molecule has 0 bridgehead atoms. The van der Waals surface area contributed by atoms with E-state index in [1.807, 2.05) is 0 Å². The Morgan fingerprint density at radius 3 is 2.58 bits per heavy atom. The summed E-state index contributed by atoms with van der Waals surface area (Å²) in [6, 6.07) is 4.89. The highest BCUT2D eigenvalue weighted by Gasteiger charge is 2.48. The summed E-state index contributed by atoms with van der Waals surface area (Å²) >= 11 is 7.31. The van der Waals surface area contributed by atoms with Crippen molar-refractivity contribution < 1.29 is 27.3 Å². The fraction of sp³-hybridized carbons (Fsp3) is 0.538. The Balaban J connectivity index is 1.39. The second-order valence-electron chi connectivity index (χ2n) is 10.4. The summed E-state index contributed by atoms with van der Waals surface area (Å²) < 4.78 is 48.2. The Morgan fingerprint density at radius 2 is 1.93 bits per heavy atom. The van der Waals surface area contributed by atoms with Gasteiger partial charge in [-0.15, -0.1) is 11.3 Å². The molecule has 1 unspecified atom stereocenters. The Labute approximate surface area is 238 Å². The third-order valence-electron chi connectivity index (χ3n) is 7.41. The van der Waals surface area contributed by atoms with Crippen molar-refractivity contribution in [3.05, 3.63) is 45.7 Å². The molecule has 2 saturated heterocycles. The summed E-state index contributed by atoms with van der Waals surface area (Å²) in [6.45, 7) is 5.84. The molecule has 2 aliphatic heterocycles. The predicted molar refractivity (Wildman–Crippen MR) is 143 cm³/mol. The van der Waals surface area contributed by atoms with E-state index in [0.29, 0.717) is 21.8 Å². The van der Waals surface area contributed by atoms with Crippen LogP contribution in [0.3, 0.4) is 0 Å². The van der Waals surface area contributed by atoms with E-state index in [-0.39, 0.29) is 43.4 Å². The molecule has 3 aromatic rings. The average molecular weight is 599 g/mol. The molecule has 0 saturated carbocycles. The van der Waals surface area contributed by atoms with Crippen molar-refractivity contribution in [1.29, 1.82) is 0 Å². The molecule has 5 rings (SSSR count). The molecule has 1 atom stereocenters. The fourth-order valence-corrected chi connectivity index (χ4v) is 6.23. The van der Waals surface area contributed by atoms with Gasteiger partial charge < -0.3 is 19.6 Å². The van der Waals surface area contributed by atoms with Crippen molar-refractivity contribution in [2.45, 2.75) is 70.4 Å². The van der Waals surface area contributed by atoms with E-state index in [4.69, 9.17) is 16.1 Å². The number of halogens is 4. The lowest BCUT2D eigenvalue weighted by atomic mass is 10.0. The monoisotopic (exact) mass is 598 g/mol. The molecule has 40 heavy (non-hydrogen) atoms. The van der Waals surface area contributed by atoms with Crippen molar-refractivity contribution >= 4 is 34.8 Å². The molecule has 9 nitrogen and oxygen atoms in total. The highest BCUT2D eigenvalue weighted by Crippen LogP contribution is 2.34. The Bertz CT molecular complexity index is 1360. The zero-order chi connectivity index (χ0) is 28.6. The molecule has 2 aliphatic rings. The van der Waals surface area contributed by atoms with E-state index >= 15 is 0 Å². The molecule has 2 amide bonds. The van der Waals surface area contributed by atoms with E-state index in [0.717, 1.165) is 35.7 Å². The van der Waals surface area contributed by atoms with Crippen LogP contribution in [-0.4, -0.2) is 80.5 Å². The number of carbonyl (C=O) groups excluding carboxylic acids is 2. The van der Waals surface area contributed by atoms with Crippen molar-refractivity contribution in [2.24, 2.45) is 0 Å². The third-order valence-corrected chi connectivity index (χ3v) is 8.65. The molecular weight excluding hydrogens is 569 g/mol. The number of hydrogen-bond acceptors (Lipinski definition) is 7. The van der Waals surface area contributed by atoms with Crippen LogP contribution in [0.2, 0.25) is 4.34 Å². The number of aromatic nitrogens is 3. The summed E-state index contributed by atoms with van der Waals surface area (Å²) in [5, 5.41) is 11.4. The highest BCUT2D eigenvalue weighted by molar-refractivity contribution is 7.19. The zero-order valence-electron chi connectivity index (χ0n) is 22.1. The maximum absolute atomic E-state index is 13.7. The molecule has 0 radical (unpaired) electrons. The van der Waals surface area contributed by atoms with Gasteiger partial charge in [0.25, 0.3) is 11.8 Å². The maximum atomic E-state index is 13.7. The molecule has 14 heteroatoms. The summed E-state index contributed by atoms with van der Waals surface area (Å²) in [4.78, 5) is 30.5. The van der Waals surface area contributed by atoms with Gasteiger partial charge in [-0.05, 0) is 51.7 Å². The van der Waals surface area contributed by atoms with Crippen LogP contribution in [0.15, 0.2) is 28.8 Å². The number of alkyl halides is 3. The first-order chi connectivity index (χ1) is 19.0. The topological polar surface area (TPSA) is 96.5 Å². The number of amides is 2. The van der Waals surface area contributed by atoms with Crippen LogP contribution >= 0.6 is 22.9 Å². The number of nitrogens with zero attached hydrogens (tertiary/aromatic N) is 5. The number of thiophene rings is 1. The Hall–Kier alpha value is -2.90. The van der Waals surface area contributed by atoms with Gasteiger partial charge in [-0.1, -0.05) is 16.8 Å². The fourth-order valence-electron chi connectivity index (χ4n) is 5.24. The Kier molecular flexibility index (Phi) is 8.25. The minimum absolute atomic E-state index is 0.0304. The second-order valence-corrected chi connectivity index (χ2v) is 12.1. The van der Waals surface area contributed by atoms with Crippen LogP contribution < -0.4 is 5.32 Å². The van der Waals surface area contributed by atoms with Crippen LogP contribution in [0.1, 0.15) is 66.2 Å². The lowest BCUT2D eigenvalue weighted by Gasteiger charge is -2.34. The predicted octanol–water partition coefficient (Wildman–Crippen LogP) is 5.07. The maximum Gasteiger partial charge on any atom is 0.408 e. The standard InChI is InChI=1S/C26H30ClF3N6O3S/c1-15(2)34-10-7-16(8-11-34)31-24(37)18-13-19(25(38)35-9-3-4-22(35)26(28,29)30)36(32-18)14-17-12-20(39-33-17)21-5-6-23(27)40-21/h5-6,12-13,15-16,22H,3-4,7-11,14H2,1-2H3,(H,31,37). The molecule has 2 fully saturated rings. The number of nitrogens with one attached hydrogen (secondary N) is 1. The van der Waals surface area contributed by atoms with Crippen LogP contribution in [-0.2, 0) is 6.54 Å². The van der Waals surface area contributed by atoms with E-state index < -0.39 is 24.0 Å². The average Bonchev–Trinajstić information content (AvgIpc) is 3.70. The van der Waals surface area contributed by atoms with E-state index in [9.17, 15) is 22.8 Å². The van der Waals surface area contributed by atoms with Crippen LogP contribution in [0.4, 0.5) is 13.2 Å². The smallest absolute Gasteiger partial charge is 0.355 e. The minimum atomic E-state index is -4.55. The summed E-state index contributed by atoms with van der Waals surface area (Å²) in [7, 11) is 0. The summed E-state index contributed by atoms with van der Waals surface area (Å²) in [5.74, 6) is -0.849. The SMILES string of the molecule is CC(C)N1CCC(NC(=O)c2cc(C(=O)N3CCCC3C(F)(F)F)n(Cc3cc(-c4ccc(Cl)s4)on3)n2)CC1. The van der Waals surface area contributed by atoms with Crippen molar-refractivity contribution in [2.75, 3.05) is 19.6 Å². The lowest BCUT2D eigenvalue weighted by Crippen LogP contribution is -2.46. The molecule has 1 N–H and O–H groups in total. The van der Waals surface area contributed by atoms with Gasteiger partial charge in [-0.25, -0.2) is 0 Å². The molecule has 0 aliphatic carbocycles. The zero-order valence-corrected chi connectivity index (χ0v) is 23.7. The largest absolute Gasteiger partial charge is 0.408 e. The van der Waals surface area contributed by atoms with Gasteiger partial charge in [-0.2, -0.15) is 18.3 Å². The number of likely N-dealkylation sites (tertiary alicyclic amines) is 2. The van der Waals surface area contributed by atoms with Crippen molar-refractivity contribution in [3.63, 3.8) is 0 Å². The van der Waals surface area contributed by atoms with E-state index in [2.05, 4.69) is 34.3 Å². The summed E-state index contributed by atoms with van der Waals surface area (Å²) in [6.07, 6.45) is -2.94. The van der Waals surface area contributed by atoms with Crippen molar-refractivity contribution in [3.8, 4) is 10.6 Å². The van der Waals surface area contributed by atoms with Gasteiger partial charge >= 0.3 is 6.18 Å². The number of carbonyl (C=O) groups is 2. The molecular formula is C26H30ClF3N6O3S. The van der Waals surface area contributed by atoms with E-state index in [1.165, 1.54) is 22.1 Å². The van der Waals surface area contributed by atoms with Gasteiger partial charge in [0.1, 0.15) is 17.4 Å². The quantitative estimate of drug-likeness (QED) is 0.408.